The van der Waals surface area contributed by atoms with Gasteiger partial charge in [-0.1, -0.05) is 23.4 Å². The average molecular weight is 342 g/mol. The molecule has 0 bridgehead atoms. The van der Waals surface area contributed by atoms with Crippen LogP contribution in [0.15, 0.2) is 53.7 Å². The Morgan fingerprint density at radius 1 is 1.04 bits per heavy atom. The summed E-state index contributed by atoms with van der Waals surface area (Å²) in [6.07, 6.45) is 1.52. The summed E-state index contributed by atoms with van der Waals surface area (Å²) in [5.41, 5.74) is 1.50. The van der Waals surface area contributed by atoms with E-state index < -0.39 is 0 Å². The maximum absolute atomic E-state index is 11.7. The van der Waals surface area contributed by atoms with Gasteiger partial charge >= 0.3 is 0 Å². The summed E-state index contributed by atoms with van der Waals surface area (Å²) in [6, 6.07) is 14.6. The van der Waals surface area contributed by atoms with Gasteiger partial charge < -0.3 is 19.6 Å². The molecule has 0 aromatic heterocycles. The van der Waals surface area contributed by atoms with Crippen molar-refractivity contribution in [2.45, 2.75) is 13.8 Å². The zero-order chi connectivity index (χ0) is 17.9. The molecule has 0 heterocycles. The van der Waals surface area contributed by atoms with Crippen molar-refractivity contribution in [2.75, 3.05) is 25.1 Å². The van der Waals surface area contributed by atoms with Gasteiger partial charge in [0.15, 0.2) is 18.1 Å². The van der Waals surface area contributed by atoms with E-state index in [0.717, 1.165) is 5.56 Å². The second-order valence-electron chi connectivity index (χ2n) is 4.99. The lowest BCUT2D eigenvalue weighted by Gasteiger charge is -2.11. The SMILES string of the molecule is CCOc1ccc(C=NOCC(=O)Nc2ccccc2)cc1OCC. The van der Waals surface area contributed by atoms with Crippen molar-refractivity contribution < 1.29 is 19.1 Å². The molecule has 0 saturated carbocycles. The van der Waals surface area contributed by atoms with E-state index in [2.05, 4.69) is 10.5 Å². The van der Waals surface area contributed by atoms with Crippen LogP contribution in [0, 0.1) is 0 Å². The van der Waals surface area contributed by atoms with Crippen LogP contribution in [0.3, 0.4) is 0 Å². The number of rotatable bonds is 9. The van der Waals surface area contributed by atoms with Crippen LogP contribution in [0.1, 0.15) is 19.4 Å². The second kappa shape index (κ2) is 9.97. The van der Waals surface area contributed by atoms with Crippen molar-refractivity contribution in [2.24, 2.45) is 5.16 Å². The van der Waals surface area contributed by atoms with Crippen LogP contribution < -0.4 is 14.8 Å². The van der Waals surface area contributed by atoms with Gasteiger partial charge in [0, 0.05) is 11.3 Å². The number of benzene rings is 2. The minimum Gasteiger partial charge on any atom is -0.490 e. The molecule has 6 heteroatoms. The van der Waals surface area contributed by atoms with Crippen molar-refractivity contribution in [3.05, 3.63) is 54.1 Å². The van der Waals surface area contributed by atoms with Gasteiger partial charge in [0.25, 0.3) is 5.91 Å². The molecule has 2 aromatic carbocycles. The van der Waals surface area contributed by atoms with Crippen LogP contribution in [0.2, 0.25) is 0 Å². The third kappa shape index (κ3) is 6.18. The predicted octanol–water partition coefficient (Wildman–Crippen LogP) is 3.47. The average Bonchev–Trinajstić information content (AvgIpc) is 2.62. The number of nitrogens with one attached hydrogen (secondary N) is 1. The molecule has 0 aliphatic rings. The number of carbonyl (C=O) groups is 1. The number of carbonyl (C=O) groups excluding carboxylic acids is 1. The molecule has 0 atom stereocenters. The minimum atomic E-state index is -0.273. The van der Waals surface area contributed by atoms with Crippen molar-refractivity contribution in [3.63, 3.8) is 0 Å². The Hall–Kier alpha value is -3.02. The van der Waals surface area contributed by atoms with Crippen molar-refractivity contribution in [1.29, 1.82) is 0 Å². The van der Waals surface area contributed by atoms with Crippen LogP contribution in [-0.2, 0) is 9.63 Å². The van der Waals surface area contributed by atoms with Crippen LogP contribution >= 0.6 is 0 Å². The summed E-state index contributed by atoms with van der Waals surface area (Å²) in [6.45, 7) is 4.76. The van der Waals surface area contributed by atoms with E-state index in [9.17, 15) is 4.79 Å². The van der Waals surface area contributed by atoms with E-state index in [1.165, 1.54) is 6.21 Å². The molecule has 0 saturated heterocycles. The van der Waals surface area contributed by atoms with E-state index in [4.69, 9.17) is 14.3 Å². The first-order valence-corrected chi connectivity index (χ1v) is 8.12. The van der Waals surface area contributed by atoms with Gasteiger partial charge in [-0.25, -0.2) is 0 Å². The summed E-state index contributed by atoms with van der Waals surface area (Å²) in [4.78, 5) is 16.8. The first-order chi connectivity index (χ1) is 12.2. The third-order valence-electron chi connectivity index (χ3n) is 3.10. The zero-order valence-corrected chi connectivity index (χ0v) is 14.4. The van der Waals surface area contributed by atoms with Gasteiger partial charge in [-0.3, -0.25) is 4.79 Å². The summed E-state index contributed by atoms with van der Waals surface area (Å²) < 4.78 is 11.1. The topological polar surface area (TPSA) is 69.2 Å². The van der Waals surface area contributed by atoms with Crippen LogP contribution in [0.25, 0.3) is 0 Å². The highest BCUT2D eigenvalue weighted by atomic mass is 16.6. The Morgan fingerprint density at radius 3 is 2.48 bits per heavy atom. The molecule has 2 rings (SSSR count). The molecule has 0 spiro atoms. The quantitative estimate of drug-likeness (QED) is 0.559. The lowest BCUT2D eigenvalue weighted by atomic mass is 10.2. The molecule has 25 heavy (non-hydrogen) atoms. The smallest absolute Gasteiger partial charge is 0.265 e. The highest BCUT2D eigenvalue weighted by molar-refractivity contribution is 5.91. The molecule has 6 nitrogen and oxygen atoms in total. The molecule has 0 unspecified atom stereocenters. The normalized spacial score (nSPS) is 10.5. The third-order valence-corrected chi connectivity index (χ3v) is 3.10. The summed E-state index contributed by atoms with van der Waals surface area (Å²) in [5.74, 6) is 1.06. The standard InChI is InChI=1S/C19H22N2O4/c1-3-23-17-11-10-15(12-18(17)24-4-2)13-20-25-14-19(22)21-16-8-6-5-7-9-16/h5-13H,3-4,14H2,1-2H3,(H,21,22). The molecule has 2 aromatic rings. The van der Waals surface area contributed by atoms with Crippen molar-refractivity contribution >= 4 is 17.8 Å². The monoisotopic (exact) mass is 342 g/mol. The number of anilines is 1. The maximum atomic E-state index is 11.7. The van der Waals surface area contributed by atoms with Crippen LogP contribution in [0.5, 0.6) is 11.5 Å². The summed E-state index contributed by atoms with van der Waals surface area (Å²) in [7, 11) is 0. The lowest BCUT2D eigenvalue weighted by Crippen LogP contribution is -2.16. The molecule has 0 fully saturated rings. The van der Waals surface area contributed by atoms with E-state index in [1.807, 2.05) is 50.2 Å². The lowest BCUT2D eigenvalue weighted by molar-refractivity contribution is -0.120. The Labute approximate surface area is 147 Å². The first-order valence-electron chi connectivity index (χ1n) is 8.12. The molecule has 1 N–H and O–H groups in total. The number of amides is 1. The molecule has 132 valence electrons. The van der Waals surface area contributed by atoms with Gasteiger partial charge in [0.05, 0.1) is 19.4 Å². The number of oxime groups is 1. The maximum Gasteiger partial charge on any atom is 0.265 e. The summed E-state index contributed by atoms with van der Waals surface area (Å²) in [5, 5.41) is 6.53. The number of hydrogen-bond donors (Lipinski definition) is 1. The Balaban J connectivity index is 1.86. The number of nitrogens with zero attached hydrogens (tertiary/aromatic N) is 1. The highest BCUT2D eigenvalue weighted by Gasteiger charge is 2.05. The Bertz CT molecular complexity index is 702. The van der Waals surface area contributed by atoms with Crippen LogP contribution in [0.4, 0.5) is 5.69 Å². The minimum absolute atomic E-state index is 0.166. The van der Waals surface area contributed by atoms with E-state index in [1.54, 1.807) is 12.1 Å². The molecular formula is C19H22N2O4. The Kier molecular flexibility index (Phi) is 7.31. The zero-order valence-electron chi connectivity index (χ0n) is 14.4. The Morgan fingerprint density at radius 2 is 1.76 bits per heavy atom. The van der Waals surface area contributed by atoms with E-state index in [-0.39, 0.29) is 12.5 Å². The fourth-order valence-electron chi connectivity index (χ4n) is 2.06. The van der Waals surface area contributed by atoms with Crippen molar-refractivity contribution in [3.8, 4) is 11.5 Å². The van der Waals surface area contributed by atoms with Crippen molar-refractivity contribution in [1.82, 2.24) is 0 Å². The first kappa shape index (κ1) is 18.3. The van der Waals surface area contributed by atoms with Gasteiger partial charge in [0.2, 0.25) is 0 Å². The second-order valence-corrected chi connectivity index (χ2v) is 4.99. The largest absolute Gasteiger partial charge is 0.490 e. The fourth-order valence-corrected chi connectivity index (χ4v) is 2.06. The van der Waals surface area contributed by atoms with Gasteiger partial charge in [0.1, 0.15) is 0 Å². The fraction of sp³-hybridized carbons (Fsp3) is 0.263. The summed E-state index contributed by atoms with van der Waals surface area (Å²) >= 11 is 0. The number of para-hydroxylation sites is 1. The molecule has 0 aliphatic carbocycles. The number of ether oxygens (including phenoxy) is 2. The molecule has 0 aliphatic heterocycles. The van der Waals surface area contributed by atoms with E-state index in [0.29, 0.717) is 30.4 Å². The van der Waals surface area contributed by atoms with Gasteiger partial charge in [-0.05, 0) is 44.2 Å². The highest BCUT2D eigenvalue weighted by Crippen LogP contribution is 2.27. The molecule has 1 amide bonds. The predicted molar refractivity (Wildman–Crippen MR) is 97.4 cm³/mol. The van der Waals surface area contributed by atoms with Crippen LogP contribution in [-0.4, -0.2) is 31.9 Å². The van der Waals surface area contributed by atoms with Gasteiger partial charge in [-0.15, -0.1) is 0 Å². The van der Waals surface area contributed by atoms with Gasteiger partial charge in [-0.2, -0.15) is 0 Å². The molecular weight excluding hydrogens is 320 g/mol. The molecule has 0 radical (unpaired) electrons. The van der Waals surface area contributed by atoms with E-state index >= 15 is 0 Å². The number of hydrogen-bond acceptors (Lipinski definition) is 5.